The fraction of sp³-hybridized carbons (Fsp3) is 0.364. The van der Waals surface area contributed by atoms with Gasteiger partial charge in [-0.1, -0.05) is 18.2 Å². The number of likely N-dealkylation sites (N-methyl/N-ethyl adjacent to an activating group) is 1. The molecule has 0 amide bonds. The molecule has 1 fully saturated rings. The van der Waals surface area contributed by atoms with Crippen molar-refractivity contribution >= 4 is 26.6 Å². The summed E-state index contributed by atoms with van der Waals surface area (Å²) >= 11 is 0. The number of piperazine rings is 1. The summed E-state index contributed by atoms with van der Waals surface area (Å²) in [6, 6.07) is 13.1. The van der Waals surface area contributed by atoms with Crippen LogP contribution in [0.25, 0.3) is 10.9 Å². The summed E-state index contributed by atoms with van der Waals surface area (Å²) < 4.78 is 34.1. The van der Waals surface area contributed by atoms with Crippen molar-refractivity contribution in [2.75, 3.05) is 51.8 Å². The molecule has 7 nitrogen and oxygen atoms in total. The highest BCUT2D eigenvalue weighted by Gasteiger charge is 2.21. The zero-order valence-corrected chi connectivity index (χ0v) is 18.2. The van der Waals surface area contributed by atoms with Crippen molar-refractivity contribution < 1.29 is 13.2 Å². The van der Waals surface area contributed by atoms with Crippen LogP contribution in [-0.4, -0.2) is 65.2 Å². The minimum absolute atomic E-state index is 0.260. The summed E-state index contributed by atoms with van der Waals surface area (Å²) in [4.78, 5) is 7.93. The van der Waals surface area contributed by atoms with Crippen molar-refractivity contribution in [2.45, 2.75) is 11.3 Å². The van der Waals surface area contributed by atoms with E-state index in [1.165, 1.54) is 0 Å². The first kappa shape index (κ1) is 20.7. The molecule has 1 aromatic heterocycles. The minimum atomic E-state index is -3.62. The number of para-hydroxylation sites is 1. The normalized spacial score (nSPS) is 15.6. The molecule has 0 spiro atoms. The predicted octanol–water partition coefficient (Wildman–Crippen LogP) is 2.45. The number of methoxy groups -OCH3 is 1. The fourth-order valence-electron chi connectivity index (χ4n) is 3.87. The number of ether oxygens (including phenoxy) is 1. The Morgan fingerprint density at radius 2 is 1.87 bits per heavy atom. The number of fused-ring (bicyclic) bond motifs is 1. The van der Waals surface area contributed by atoms with E-state index >= 15 is 0 Å². The second-order valence-corrected chi connectivity index (χ2v) is 9.40. The van der Waals surface area contributed by atoms with E-state index in [1.807, 2.05) is 30.5 Å². The molecule has 4 rings (SSSR count). The van der Waals surface area contributed by atoms with Gasteiger partial charge in [-0.15, -0.1) is 0 Å². The summed E-state index contributed by atoms with van der Waals surface area (Å²) in [6.45, 7) is 3.88. The number of hydrogen-bond acceptors (Lipinski definition) is 5. The third-order valence-electron chi connectivity index (χ3n) is 5.67. The molecule has 0 atom stereocenters. The zero-order chi connectivity index (χ0) is 21.1. The van der Waals surface area contributed by atoms with E-state index in [9.17, 15) is 8.42 Å². The third kappa shape index (κ3) is 4.30. The molecule has 2 aromatic carbocycles. The van der Waals surface area contributed by atoms with E-state index in [0.717, 1.165) is 48.3 Å². The van der Waals surface area contributed by atoms with Gasteiger partial charge in [-0.2, -0.15) is 0 Å². The molecule has 160 valence electrons. The third-order valence-corrected chi connectivity index (χ3v) is 7.12. The van der Waals surface area contributed by atoms with Crippen LogP contribution in [0.4, 0.5) is 5.69 Å². The lowest BCUT2D eigenvalue weighted by Crippen LogP contribution is -2.44. The molecule has 8 heteroatoms. The van der Waals surface area contributed by atoms with Crippen molar-refractivity contribution in [3.8, 4) is 5.75 Å². The average Bonchev–Trinajstić information content (AvgIpc) is 3.17. The summed E-state index contributed by atoms with van der Waals surface area (Å²) in [5.41, 5.74) is 2.98. The molecule has 0 bridgehead atoms. The summed E-state index contributed by atoms with van der Waals surface area (Å²) in [7, 11) is 0.0874. The minimum Gasteiger partial charge on any atom is -0.495 e. The summed E-state index contributed by atoms with van der Waals surface area (Å²) in [6.07, 6.45) is 2.56. The van der Waals surface area contributed by atoms with Gasteiger partial charge in [0.25, 0.3) is 0 Å². The van der Waals surface area contributed by atoms with Crippen molar-refractivity contribution in [3.05, 3.63) is 54.2 Å². The molecule has 0 aliphatic carbocycles. The van der Waals surface area contributed by atoms with Crippen LogP contribution in [0.2, 0.25) is 0 Å². The van der Waals surface area contributed by atoms with Gasteiger partial charge in [-0.05, 0) is 43.3 Å². The zero-order valence-electron chi connectivity index (χ0n) is 17.4. The number of nitrogens with zero attached hydrogens (tertiary/aromatic N) is 2. The predicted molar refractivity (Wildman–Crippen MR) is 120 cm³/mol. The molecular formula is C22H28N4O3S. The van der Waals surface area contributed by atoms with Crippen LogP contribution < -0.4 is 14.4 Å². The first-order valence-corrected chi connectivity index (χ1v) is 11.6. The molecule has 30 heavy (non-hydrogen) atoms. The van der Waals surface area contributed by atoms with Gasteiger partial charge in [0.15, 0.2) is 0 Å². The van der Waals surface area contributed by atoms with E-state index in [4.69, 9.17) is 4.74 Å². The monoisotopic (exact) mass is 428 g/mol. The maximum absolute atomic E-state index is 12.9. The average molecular weight is 429 g/mol. The quantitative estimate of drug-likeness (QED) is 0.605. The second kappa shape index (κ2) is 8.67. The molecule has 2 N–H and O–H groups in total. The molecule has 0 radical (unpaired) electrons. The van der Waals surface area contributed by atoms with Crippen LogP contribution in [0.1, 0.15) is 5.56 Å². The number of nitrogens with one attached hydrogen (secondary N) is 2. The lowest BCUT2D eigenvalue weighted by atomic mass is 10.1. The van der Waals surface area contributed by atoms with E-state index in [1.54, 1.807) is 25.3 Å². The Hall–Kier alpha value is -2.55. The SMILES string of the molecule is COc1ccc(S(=O)(=O)NCCc2c[nH]c3ccccc23)cc1N1CCN(C)CC1. The van der Waals surface area contributed by atoms with Crippen molar-refractivity contribution in [1.29, 1.82) is 0 Å². The lowest BCUT2D eigenvalue weighted by Gasteiger charge is -2.34. The summed E-state index contributed by atoms with van der Waals surface area (Å²) in [5, 5.41) is 1.12. The first-order valence-electron chi connectivity index (χ1n) is 10.1. The largest absolute Gasteiger partial charge is 0.495 e. The lowest BCUT2D eigenvalue weighted by molar-refractivity contribution is 0.311. The van der Waals surface area contributed by atoms with Crippen LogP contribution in [0.5, 0.6) is 5.75 Å². The highest BCUT2D eigenvalue weighted by molar-refractivity contribution is 7.89. The van der Waals surface area contributed by atoms with Gasteiger partial charge in [0.05, 0.1) is 17.7 Å². The van der Waals surface area contributed by atoms with Gasteiger partial charge in [0, 0.05) is 49.8 Å². The van der Waals surface area contributed by atoms with Gasteiger partial charge in [0.2, 0.25) is 10.0 Å². The van der Waals surface area contributed by atoms with Crippen LogP contribution in [-0.2, 0) is 16.4 Å². The van der Waals surface area contributed by atoms with E-state index in [-0.39, 0.29) is 4.90 Å². The Kier molecular flexibility index (Phi) is 5.99. The maximum atomic E-state index is 12.9. The van der Waals surface area contributed by atoms with Gasteiger partial charge in [-0.3, -0.25) is 0 Å². The highest BCUT2D eigenvalue weighted by atomic mass is 32.2. The molecule has 3 aromatic rings. The van der Waals surface area contributed by atoms with Crippen molar-refractivity contribution in [1.82, 2.24) is 14.6 Å². The van der Waals surface area contributed by atoms with Gasteiger partial charge in [0.1, 0.15) is 5.75 Å². The van der Waals surface area contributed by atoms with Crippen LogP contribution in [0.3, 0.4) is 0 Å². The number of aromatic nitrogens is 1. The standard InChI is InChI=1S/C22H28N4O3S/c1-25-11-13-26(14-12-25)21-15-18(7-8-22(21)29-2)30(27,28)24-10-9-17-16-23-20-6-4-3-5-19(17)20/h3-8,15-16,23-24H,9-14H2,1-2H3. The smallest absolute Gasteiger partial charge is 0.240 e. The second-order valence-electron chi connectivity index (χ2n) is 7.63. The Morgan fingerprint density at radius 3 is 2.63 bits per heavy atom. The molecule has 0 saturated carbocycles. The van der Waals surface area contributed by atoms with Gasteiger partial charge >= 0.3 is 0 Å². The van der Waals surface area contributed by atoms with Crippen LogP contribution in [0, 0.1) is 0 Å². The van der Waals surface area contributed by atoms with Crippen LogP contribution in [0.15, 0.2) is 53.6 Å². The molecule has 1 aliphatic rings. The molecule has 1 aliphatic heterocycles. The van der Waals surface area contributed by atoms with Gasteiger partial charge < -0.3 is 19.5 Å². The fourth-order valence-corrected chi connectivity index (χ4v) is 4.92. The molecule has 0 unspecified atom stereocenters. The first-order chi connectivity index (χ1) is 14.5. The number of benzene rings is 2. The number of anilines is 1. The van der Waals surface area contributed by atoms with Crippen molar-refractivity contribution in [3.63, 3.8) is 0 Å². The topological polar surface area (TPSA) is 77.7 Å². The van der Waals surface area contributed by atoms with E-state index < -0.39 is 10.0 Å². The van der Waals surface area contributed by atoms with Crippen LogP contribution >= 0.6 is 0 Å². The summed E-state index contributed by atoms with van der Waals surface area (Å²) in [5.74, 6) is 0.692. The highest BCUT2D eigenvalue weighted by Crippen LogP contribution is 2.31. The van der Waals surface area contributed by atoms with Crippen molar-refractivity contribution in [2.24, 2.45) is 0 Å². The molecule has 2 heterocycles. The van der Waals surface area contributed by atoms with Gasteiger partial charge in [-0.25, -0.2) is 13.1 Å². The number of rotatable bonds is 7. The Bertz CT molecular complexity index is 1120. The number of H-pyrrole nitrogens is 1. The van der Waals surface area contributed by atoms with E-state index in [2.05, 4.69) is 26.6 Å². The number of sulfonamides is 1. The number of aromatic amines is 1. The Balaban J connectivity index is 1.48. The van der Waals surface area contributed by atoms with E-state index in [0.29, 0.717) is 18.7 Å². The number of hydrogen-bond donors (Lipinski definition) is 2. The Morgan fingerprint density at radius 1 is 1.10 bits per heavy atom. The maximum Gasteiger partial charge on any atom is 0.240 e. The molecule has 1 saturated heterocycles. The Labute approximate surface area is 177 Å². The molecular weight excluding hydrogens is 400 g/mol.